The second kappa shape index (κ2) is 5.62. The van der Waals surface area contributed by atoms with Gasteiger partial charge in [0, 0.05) is 38.1 Å². The Bertz CT molecular complexity index is 505. The van der Waals surface area contributed by atoms with Crippen LogP contribution in [0.15, 0.2) is 17.5 Å². The molecule has 108 valence electrons. The van der Waals surface area contributed by atoms with Gasteiger partial charge in [-0.2, -0.15) is 0 Å². The van der Waals surface area contributed by atoms with Gasteiger partial charge in [0.1, 0.15) is 0 Å². The second-order valence-corrected chi connectivity index (χ2v) is 5.35. The van der Waals surface area contributed by atoms with E-state index in [1.807, 2.05) is 0 Å². The molecule has 3 heterocycles. The van der Waals surface area contributed by atoms with Crippen molar-refractivity contribution in [3.63, 3.8) is 0 Å². The van der Waals surface area contributed by atoms with E-state index in [0.717, 1.165) is 19.6 Å². The molecule has 3 N–H and O–H groups in total. The van der Waals surface area contributed by atoms with Gasteiger partial charge in [0.05, 0.1) is 0 Å². The lowest BCUT2D eigenvalue weighted by Gasteiger charge is -2.44. The van der Waals surface area contributed by atoms with Gasteiger partial charge in [-0.15, -0.1) is 0 Å². The van der Waals surface area contributed by atoms with E-state index >= 15 is 0 Å². The van der Waals surface area contributed by atoms with E-state index in [4.69, 9.17) is 10.9 Å². The maximum absolute atomic E-state index is 8.87. The highest BCUT2D eigenvalue weighted by Crippen LogP contribution is 2.25. The summed E-state index contributed by atoms with van der Waals surface area (Å²) in [4.78, 5) is 13.3. The summed E-state index contributed by atoms with van der Waals surface area (Å²) in [5, 5.41) is 11.9. The van der Waals surface area contributed by atoms with Crippen LogP contribution in [0.5, 0.6) is 0 Å². The maximum Gasteiger partial charge on any atom is 0.192 e. The highest BCUT2D eigenvalue weighted by Gasteiger charge is 2.30. The lowest BCUT2D eigenvalue weighted by Crippen LogP contribution is -2.55. The molecule has 7 heteroatoms. The zero-order valence-corrected chi connectivity index (χ0v) is 11.4. The molecule has 2 fully saturated rings. The summed E-state index contributed by atoms with van der Waals surface area (Å²) in [5.41, 5.74) is 6.15. The standard InChI is InChI=1S/C13H20N6O/c14-12(17-20)11-13(16-5-4-15-11)19-8-7-18-6-2-1-3-10(18)9-19/h4-5,10,20H,1-3,6-9H2,(H2,14,17). The summed E-state index contributed by atoms with van der Waals surface area (Å²) in [6.45, 7) is 4.08. The van der Waals surface area contributed by atoms with Crippen LogP contribution in [0.25, 0.3) is 0 Å². The van der Waals surface area contributed by atoms with Gasteiger partial charge in [-0.05, 0) is 19.4 Å². The second-order valence-electron chi connectivity index (χ2n) is 5.35. The van der Waals surface area contributed by atoms with Gasteiger partial charge in [-0.3, -0.25) is 4.90 Å². The number of piperidine rings is 1. The zero-order valence-electron chi connectivity index (χ0n) is 11.4. The Kier molecular flexibility index (Phi) is 3.68. The Morgan fingerprint density at radius 2 is 2.10 bits per heavy atom. The van der Waals surface area contributed by atoms with Crippen molar-refractivity contribution in [2.24, 2.45) is 10.9 Å². The summed E-state index contributed by atoms with van der Waals surface area (Å²) >= 11 is 0. The molecule has 0 aliphatic carbocycles. The molecule has 2 saturated heterocycles. The number of rotatable bonds is 2. The lowest BCUT2D eigenvalue weighted by molar-refractivity contribution is 0.133. The van der Waals surface area contributed by atoms with E-state index in [1.165, 1.54) is 25.8 Å². The van der Waals surface area contributed by atoms with E-state index < -0.39 is 0 Å². The van der Waals surface area contributed by atoms with Gasteiger partial charge in [0.2, 0.25) is 0 Å². The Morgan fingerprint density at radius 3 is 2.95 bits per heavy atom. The molecule has 7 nitrogen and oxygen atoms in total. The largest absolute Gasteiger partial charge is 0.409 e. The third-order valence-electron chi connectivity index (χ3n) is 4.17. The zero-order chi connectivity index (χ0) is 13.9. The number of hydrogen-bond donors (Lipinski definition) is 2. The molecule has 0 amide bonds. The quantitative estimate of drug-likeness (QED) is 0.348. The average molecular weight is 276 g/mol. The van der Waals surface area contributed by atoms with E-state index in [1.54, 1.807) is 12.4 Å². The number of nitrogens with zero attached hydrogens (tertiary/aromatic N) is 5. The van der Waals surface area contributed by atoms with Crippen LogP contribution in [0.1, 0.15) is 25.0 Å². The molecule has 0 spiro atoms. The molecule has 0 saturated carbocycles. The fourth-order valence-electron chi connectivity index (χ4n) is 3.14. The van der Waals surface area contributed by atoms with Crippen molar-refractivity contribution in [1.29, 1.82) is 0 Å². The first-order valence-electron chi connectivity index (χ1n) is 7.07. The molecule has 20 heavy (non-hydrogen) atoms. The van der Waals surface area contributed by atoms with Gasteiger partial charge in [0.25, 0.3) is 0 Å². The molecule has 1 unspecified atom stereocenters. The number of anilines is 1. The summed E-state index contributed by atoms with van der Waals surface area (Å²) in [7, 11) is 0. The lowest BCUT2D eigenvalue weighted by atomic mass is 9.99. The summed E-state index contributed by atoms with van der Waals surface area (Å²) in [6, 6.07) is 0.583. The number of piperazine rings is 1. The molecule has 1 aromatic heterocycles. The van der Waals surface area contributed by atoms with Crippen LogP contribution in [0, 0.1) is 0 Å². The van der Waals surface area contributed by atoms with Gasteiger partial charge in [-0.25, -0.2) is 9.97 Å². The summed E-state index contributed by atoms with van der Waals surface area (Å²) in [6.07, 6.45) is 7.04. The minimum atomic E-state index is 0.0131. The van der Waals surface area contributed by atoms with Crippen molar-refractivity contribution < 1.29 is 5.21 Å². The van der Waals surface area contributed by atoms with Crippen LogP contribution < -0.4 is 10.6 Å². The predicted octanol–water partition coefficient (Wildman–Crippen LogP) is 0.246. The van der Waals surface area contributed by atoms with Crippen molar-refractivity contribution in [2.45, 2.75) is 25.3 Å². The van der Waals surface area contributed by atoms with Crippen LogP contribution in [-0.2, 0) is 0 Å². The number of fused-ring (bicyclic) bond motifs is 1. The van der Waals surface area contributed by atoms with Crippen LogP contribution in [0.2, 0.25) is 0 Å². The summed E-state index contributed by atoms with van der Waals surface area (Å²) < 4.78 is 0. The number of oxime groups is 1. The Labute approximate surface area is 118 Å². The number of hydrogen-bond acceptors (Lipinski definition) is 6. The third kappa shape index (κ3) is 2.40. The van der Waals surface area contributed by atoms with Crippen LogP contribution in [0.3, 0.4) is 0 Å². The van der Waals surface area contributed by atoms with Crippen molar-refractivity contribution in [3.05, 3.63) is 18.1 Å². The Hall–Kier alpha value is -1.89. The first-order valence-corrected chi connectivity index (χ1v) is 7.07. The minimum absolute atomic E-state index is 0.0131. The van der Waals surface area contributed by atoms with Crippen LogP contribution >= 0.6 is 0 Å². The first kappa shape index (κ1) is 13.1. The fourth-order valence-corrected chi connectivity index (χ4v) is 3.14. The fraction of sp³-hybridized carbons (Fsp3) is 0.615. The van der Waals surface area contributed by atoms with Gasteiger partial charge < -0.3 is 15.8 Å². The van der Waals surface area contributed by atoms with Gasteiger partial charge in [0.15, 0.2) is 17.3 Å². The number of nitrogens with two attached hydrogens (primary N) is 1. The van der Waals surface area contributed by atoms with Crippen LogP contribution in [0.4, 0.5) is 5.82 Å². The van der Waals surface area contributed by atoms with Crippen molar-refractivity contribution in [2.75, 3.05) is 31.1 Å². The van der Waals surface area contributed by atoms with E-state index in [9.17, 15) is 0 Å². The van der Waals surface area contributed by atoms with Gasteiger partial charge >= 0.3 is 0 Å². The third-order valence-corrected chi connectivity index (χ3v) is 4.17. The molecule has 3 rings (SSSR count). The molecule has 1 aromatic rings. The number of aromatic nitrogens is 2. The molecular formula is C13H20N6O. The normalized spacial score (nSPS) is 24.5. The Balaban J connectivity index is 1.83. The van der Waals surface area contributed by atoms with E-state index in [0.29, 0.717) is 17.6 Å². The highest BCUT2D eigenvalue weighted by molar-refractivity contribution is 5.99. The van der Waals surface area contributed by atoms with Crippen molar-refractivity contribution in [1.82, 2.24) is 14.9 Å². The molecule has 2 aliphatic rings. The molecule has 0 aromatic carbocycles. The molecule has 2 aliphatic heterocycles. The monoisotopic (exact) mass is 276 g/mol. The summed E-state index contributed by atoms with van der Waals surface area (Å²) in [5.74, 6) is 0.729. The smallest absolute Gasteiger partial charge is 0.192 e. The van der Waals surface area contributed by atoms with Crippen molar-refractivity contribution >= 4 is 11.7 Å². The van der Waals surface area contributed by atoms with E-state index in [2.05, 4.69) is 24.9 Å². The van der Waals surface area contributed by atoms with Gasteiger partial charge in [-0.1, -0.05) is 11.6 Å². The molecule has 0 radical (unpaired) electrons. The SMILES string of the molecule is NC(=NO)c1nccnc1N1CCN2CCCCC2C1. The minimum Gasteiger partial charge on any atom is -0.409 e. The van der Waals surface area contributed by atoms with E-state index in [-0.39, 0.29) is 5.84 Å². The molecule has 1 atom stereocenters. The molecule has 0 bridgehead atoms. The average Bonchev–Trinajstić information content (AvgIpc) is 2.53. The maximum atomic E-state index is 8.87. The van der Waals surface area contributed by atoms with Crippen LogP contribution in [-0.4, -0.2) is 58.1 Å². The first-order chi connectivity index (χ1) is 9.79. The number of amidine groups is 1. The predicted molar refractivity (Wildman–Crippen MR) is 76.0 cm³/mol. The topological polar surface area (TPSA) is 90.9 Å². The Morgan fingerprint density at radius 1 is 1.25 bits per heavy atom. The highest BCUT2D eigenvalue weighted by atomic mass is 16.4. The van der Waals surface area contributed by atoms with Crippen molar-refractivity contribution in [3.8, 4) is 0 Å². The molecular weight excluding hydrogens is 256 g/mol.